The maximum Gasteiger partial charge on any atom is 0.335 e. The molecule has 0 aliphatic heterocycles. The molecular weight excluding hydrogens is 366 g/mol. The standard InChI is InChI=1S/C17H18ClNO5S/c1-3-24-16-9-4-12(17(20)21)10-13(16)11-19(2)25(22,23)15-7-5-14(18)6-8-15/h4-10H,3,11H2,1-2H3,(H,20,21). The van der Waals surface area contributed by atoms with Crippen LogP contribution >= 0.6 is 11.6 Å². The summed E-state index contributed by atoms with van der Waals surface area (Å²) in [6.45, 7) is 2.15. The summed E-state index contributed by atoms with van der Waals surface area (Å²) in [5, 5.41) is 9.58. The van der Waals surface area contributed by atoms with Gasteiger partial charge in [0.2, 0.25) is 10.0 Å². The number of carboxylic acids is 1. The van der Waals surface area contributed by atoms with Crippen molar-refractivity contribution in [2.24, 2.45) is 0 Å². The van der Waals surface area contributed by atoms with E-state index in [9.17, 15) is 13.2 Å². The molecule has 2 aromatic carbocycles. The summed E-state index contributed by atoms with van der Waals surface area (Å²) in [4.78, 5) is 11.3. The summed E-state index contributed by atoms with van der Waals surface area (Å²) in [5.41, 5.74) is 0.539. The summed E-state index contributed by atoms with van der Waals surface area (Å²) < 4.78 is 31.9. The molecule has 0 atom stereocenters. The Bertz CT molecular complexity index is 865. The Kier molecular flexibility index (Phi) is 6.05. The van der Waals surface area contributed by atoms with E-state index in [0.29, 0.717) is 22.9 Å². The molecule has 6 nitrogen and oxygen atoms in total. The first kappa shape index (κ1) is 19.2. The quantitative estimate of drug-likeness (QED) is 0.793. The zero-order valence-electron chi connectivity index (χ0n) is 13.8. The van der Waals surface area contributed by atoms with Gasteiger partial charge < -0.3 is 9.84 Å². The lowest BCUT2D eigenvalue weighted by Gasteiger charge is -2.19. The van der Waals surface area contributed by atoms with Gasteiger partial charge in [0.15, 0.2) is 0 Å². The minimum Gasteiger partial charge on any atom is -0.494 e. The van der Waals surface area contributed by atoms with E-state index < -0.39 is 16.0 Å². The van der Waals surface area contributed by atoms with Crippen LogP contribution in [-0.4, -0.2) is 37.5 Å². The van der Waals surface area contributed by atoms with Crippen molar-refractivity contribution in [1.29, 1.82) is 0 Å². The van der Waals surface area contributed by atoms with Gasteiger partial charge in [0, 0.05) is 24.2 Å². The lowest BCUT2D eigenvalue weighted by Crippen LogP contribution is -2.26. The number of ether oxygens (including phenoxy) is 1. The van der Waals surface area contributed by atoms with E-state index in [1.807, 2.05) is 0 Å². The predicted octanol–water partition coefficient (Wildman–Crippen LogP) is 3.26. The number of nitrogens with zero attached hydrogens (tertiary/aromatic N) is 1. The van der Waals surface area contributed by atoms with Crippen LogP contribution < -0.4 is 4.74 Å². The highest BCUT2D eigenvalue weighted by molar-refractivity contribution is 7.89. The molecular formula is C17H18ClNO5S. The van der Waals surface area contributed by atoms with E-state index >= 15 is 0 Å². The first-order valence-corrected chi connectivity index (χ1v) is 9.28. The Morgan fingerprint density at radius 2 is 1.84 bits per heavy atom. The summed E-state index contributed by atoms with van der Waals surface area (Å²) >= 11 is 5.79. The SMILES string of the molecule is CCOc1ccc(C(=O)O)cc1CN(C)S(=O)(=O)c1ccc(Cl)cc1. The van der Waals surface area contributed by atoms with Gasteiger partial charge in [-0.2, -0.15) is 4.31 Å². The van der Waals surface area contributed by atoms with Crippen molar-refractivity contribution in [2.75, 3.05) is 13.7 Å². The lowest BCUT2D eigenvalue weighted by molar-refractivity contribution is 0.0696. The molecule has 0 saturated heterocycles. The number of halogens is 1. The third-order valence-corrected chi connectivity index (χ3v) is 5.59. The van der Waals surface area contributed by atoms with Crippen molar-refractivity contribution >= 4 is 27.6 Å². The van der Waals surface area contributed by atoms with Crippen molar-refractivity contribution in [3.63, 3.8) is 0 Å². The molecule has 0 saturated carbocycles. The van der Waals surface area contributed by atoms with E-state index in [-0.39, 0.29) is 17.0 Å². The van der Waals surface area contributed by atoms with Crippen LogP contribution in [0.25, 0.3) is 0 Å². The fraction of sp³-hybridized carbons (Fsp3) is 0.235. The lowest BCUT2D eigenvalue weighted by atomic mass is 10.1. The smallest absolute Gasteiger partial charge is 0.335 e. The van der Waals surface area contributed by atoms with Crippen LogP contribution in [0.5, 0.6) is 5.75 Å². The van der Waals surface area contributed by atoms with Crippen molar-refractivity contribution < 1.29 is 23.1 Å². The van der Waals surface area contributed by atoms with E-state index in [4.69, 9.17) is 21.4 Å². The van der Waals surface area contributed by atoms with Crippen molar-refractivity contribution in [3.8, 4) is 5.75 Å². The molecule has 134 valence electrons. The molecule has 0 unspecified atom stereocenters. The molecule has 0 heterocycles. The molecule has 0 aliphatic carbocycles. The molecule has 2 aromatic rings. The normalized spacial score (nSPS) is 11.5. The Labute approximate surface area is 151 Å². The van der Waals surface area contributed by atoms with Gasteiger partial charge in [-0.3, -0.25) is 0 Å². The van der Waals surface area contributed by atoms with Crippen LogP contribution in [0.4, 0.5) is 0 Å². The largest absolute Gasteiger partial charge is 0.494 e. The van der Waals surface area contributed by atoms with Gasteiger partial charge in [0.25, 0.3) is 0 Å². The predicted molar refractivity (Wildman–Crippen MR) is 94.7 cm³/mol. The number of hydrogen-bond acceptors (Lipinski definition) is 4. The van der Waals surface area contributed by atoms with Gasteiger partial charge in [-0.05, 0) is 49.4 Å². The average Bonchev–Trinajstić information content (AvgIpc) is 2.56. The Morgan fingerprint density at radius 3 is 2.40 bits per heavy atom. The van der Waals surface area contributed by atoms with Gasteiger partial charge in [-0.25, -0.2) is 13.2 Å². The second-order valence-electron chi connectivity index (χ2n) is 5.28. The number of aromatic carboxylic acids is 1. The molecule has 0 amide bonds. The fourth-order valence-electron chi connectivity index (χ4n) is 2.24. The summed E-state index contributed by atoms with van der Waals surface area (Å²) in [5.74, 6) is -0.641. The molecule has 0 bridgehead atoms. The second kappa shape index (κ2) is 7.86. The molecule has 0 aliphatic rings. The van der Waals surface area contributed by atoms with Crippen molar-refractivity contribution in [2.45, 2.75) is 18.4 Å². The van der Waals surface area contributed by atoms with Crippen LogP contribution in [0.3, 0.4) is 0 Å². The average molecular weight is 384 g/mol. The summed E-state index contributed by atoms with van der Waals surface area (Å²) in [7, 11) is -2.32. The van der Waals surface area contributed by atoms with E-state index in [0.717, 1.165) is 4.31 Å². The molecule has 2 rings (SSSR count). The highest BCUT2D eigenvalue weighted by Crippen LogP contribution is 2.25. The third kappa shape index (κ3) is 4.50. The zero-order chi connectivity index (χ0) is 18.6. The first-order valence-electron chi connectivity index (χ1n) is 7.46. The molecule has 8 heteroatoms. The maximum atomic E-state index is 12.7. The zero-order valence-corrected chi connectivity index (χ0v) is 15.3. The van der Waals surface area contributed by atoms with Crippen LogP contribution in [0.15, 0.2) is 47.4 Å². The number of hydrogen-bond donors (Lipinski definition) is 1. The molecule has 0 aromatic heterocycles. The van der Waals surface area contributed by atoms with Crippen LogP contribution in [-0.2, 0) is 16.6 Å². The van der Waals surface area contributed by atoms with Crippen molar-refractivity contribution in [3.05, 3.63) is 58.6 Å². The van der Waals surface area contributed by atoms with E-state index in [1.54, 1.807) is 6.92 Å². The van der Waals surface area contributed by atoms with E-state index in [1.165, 1.54) is 49.5 Å². The Morgan fingerprint density at radius 1 is 1.20 bits per heavy atom. The molecule has 0 fully saturated rings. The highest BCUT2D eigenvalue weighted by atomic mass is 35.5. The molecule has 0 radical (unpaired) electrons. The van der Waals surface area contributed by atoms with Gasteiger partial charge in [0.05, 0.1) is 17.1 Å². The van der Waals surface area contributed by atoms with Crippen molar-refractivity contribution in [1.82, 2.24) is 4.31 Å². The first-order chi connectivity index (χ1) is 11.8. The Hall–Kier alpha value is -2.09. The number of carboxylic acid groups (broad SMARTS) is 1. The fourth-order valence-corrected chi connectivity index (χ4v) is 3.52. The Balaban J connectivity index is 2.35. The second-order valence-corrected chi connectivity index (χ2v) is 7.76. The van der Waals surface area contributed by atoms with E-state index in [2.05, 4.69) is 0 Å². The van der Waals surface area contributed by atoms with Crippen LogP contribution in [0, 0.1) is 0 Å². The monoisotopic (exact) mass is 383 g/mol. The summed E-state index contributed by atoms with van der Waals surface area (Å²) in [6, 6.07) is 10.2. The maximum absolute atomic E-state index is 12.7. The number of sulfonamides is 1. The highest BCUT2D eigenvalue weighted by Gasteiger charge is 2.22. The topological polar surface area (TPSA) is 83.9 Å². The van der Waals surface area contributed by atoms with Gasteiger partial charge in [-0.15, -0.1) is 0 Å². The number of carbonyl (C=O) groups is 1. The van der Waals surface area contributed by atoms with Gasteiger partial charge >= 0.3 is 5.97 Å². The van der Waals surface area contributed by atoms with Gasteiger partial charge in [0.1, 0.15) is 5.75 Å². The number of benzene rings is 2. The summed E-state index contributed by atoms with van der Waals surface area (Å²) in [6.07, 6.45) is 0. The molecule has 0 spiro atoms. The van der Waals surface area contributed by atoms with Crippen LogP contribution in [0.1, 0.15) is 22.8 Å². The van der Waals surface area contributed by atoms with Crippen LogP contribution in [0.2, 0.25) is 5.02 Å². The molecule has 25 heavy (non-hydrogen) atoms. The van der Waals surface area contributed by atoms with Gasteiger partial charge in [-0.1, -0.05) is 11.6 Å². The molecule has 1 N–H and O–H groups in total. The third-order valence-electron chi connectivity index (χ3n) is 3.52. The minimum absolute atomic E-state index is 0.0264. The minimum atomic E-state index is -3.75. The number of rotatable bonds is 7.